The summed E-state index contributed by atoms with van der Waals surface area (Å²) in [5.74, 6) is -1.39. The van der Waals surface area contributed by atoms with Gasteiger partial charge in [-0.15, -0.1) is 0 Å². The number of aromatic nitrogens is 1. The number of esters is 2. The third-order valence-electron chi connectivity index (χ3n) is 10.2. The van der Waals surface area contributed by atoms with E-state index >= 15 is 0 Å². The molecule has 5 atom stereocenters. The molecule has 2 aromatic carbocycles. The number of fused-ring (bicyclic) bond motifs is 3. The van der Waals surface area contributed by atoms with Gasteiger partial charge in [-0.3, -0.25) is 14.4 Å². The second kappa shape index (κ2) is 16.0. The van der Waals surface area contributed by atoms with Gasteiger partial charge < -0.3 is 29.2 Å². The summed E-state index contributed by atoms with van der Waals surface area (Å²) in [4.78, 5) is 61.9. The first kappa shape index (κ1) is 37.8. The largest absolute Gasteiger partial charge is 0.497 e. The predicted octanol–water partition coefficient (Wildman–Crippen LogP) is 6.57. The van der Waals surface area contributed by atoms with Gasteiger partial charge in [-0.2, -0.15) is 0 Å². The molecule has 1 saturated carbocycles. The predicted molar refractivity (Wildman–Crippen MR) is 200 cm³/mol. The number of amides is 2. The maximum Gasteiger partial charge on any atom is 0.332 e. The zero-order valence-electron chi connectivity index (χ0n) is 31.4. The van der Waals surface area contributed by atoms with Crippen LogP contribution in [-0.4, -0.2) is 77.2 Å². The quantitative estimate of drug-likeness (QED) is 0.202. The van der Waals surface area contributed by atoms with E-state index in [4.69, 9.17) is 23.9 Å². The number of pyridine rings is 1. The van der Waals surface area contributed by atoms with Crippen molar-refractivity contribution in [2.24, 2.45) is 11.8 Å². The first-order valence-corrected chi connectivity index (χ1v) is 18.8. The van der Waals surface area contributed by atoms with Crippen LogP contribution in [0.2, 0.25) is 0 Å². The molecule has 1 saturated heterocycles. The van der Waals surface area contributed by atoms with Crippen molar-refractivity contribution in [1.82, 2.24) is 15.2 Å². The smallest absolute Gasteiger partial charge is 0.332 e. The van der Waals surface area contributed by atoms with E-state index in [1.165, 1.54) is 0 Å². The first-order valence-electron chi connectivity index (χ1n) is 18.8. The number of methoxy groups -OCH3 is 1. The number of nitrogens with zero attached hydrogens (tertiary/aromatic N) is 2. The number of carbonyl (C=O) groups is 4. The fraction of sp³-hybridized carbons (Fsp3) is 0.500. The van der Waals surface area contributed by atoms with Crippen LogP contribution in [0.5, 0.6) is 11.5 Å². The molecule has 53 heavy (non-hydrogen) atoms. The normalized spacial score (nSPS) is 25.6. The second-order valence-electron chi connectivity index (χ2n) is 15.3. The molecule has 1 aromatic heterocycles. The maximum absolute atomic E-state index is 14.6. The van der Waals surface area contributed by atoms with Crippen molar-refractivity contribution in [3.63, 3.8) is 0 Å². The number of allylic oxidation sites excluding steroid dienone is 1. The molecule has 2 fully saturated rings. The van der Waals surface area contributed by atoms with Crippen LogP contribution < -0.4 is 14.8 Å². The fourth-order valence-corrected chi connectivity index (χ4v) is 7.45. The van der Waals surface area contributed by atoms with Gasteiger partial charge in [0.15, 0.2) is 0 Å². The Morgan fingerprint density at radius 1 is 1.04 bits per heavy atom. The van der Waals surface area contributed by atoms with Crippen molar-refractivity contribution >= 4 is 34.7 Å². The maximum atomic E-state index is 14.6. The Kier molecular flexibility index (Phi) is 11.4. The molecule has 11 nitrogen and oxygen atoms in total. The minimum absolute atomic E-state index is 0.0987. The summed E-state index contributed by atoms with van der Waals surface area (Å²) in [6, 6.07) is 16.3. The SMILES string of the molecule is CCOC(=O)[C@@]12C[C@H]1/C=C\CCCCC[C@H](CC(=O)OC(C)(C)C)C(=O)N1C[C@H](Oc3cc(-c4ccccc4)nc4cc(OC)ccc34)C[C@H]1C(=O)N2. The number of hydrogen-bond acceptors (Lipinski definition) is 9. The summed E-state index contributed by atoms with van der Waals surface area (Å²) in [6.07, 6.45) is 7.77. The van der Waals surface area contributed by atoms with E-state index in [-0.39, 0.29) is 37.8 Å². The van der Waals surface area contributed by atoms with E-state index in [0.29, 0.717) is 35.6 Å². The molecule has 3 aliphatic rings. The number of carbonyl (C=O) groups excluding carboxylic acids is 4. The Bertz CT molecular complexity index is 1850. The van der Waals surface area contributed by atoms with Crippen LogP contribution >= 0.6 is 0 Å². The average molecular weight is 726 g/mol. The van der Waals surface area contributed by atoms with E-state index in [0.717, 1.165) is 36.6 Å². The summed E-state index contributed by atoms with van der Waals surface area (Å²) in [5, 5.41) is 3.78. The standard InChI is InChI=1S/C42H51N3O8/c1-6-51-40(49)42-25-29(42)18-14-9-7-8-11-17-28(21-37(46)53-41(2,3)4)39(48)45-26-31(23-35(45)38(47)44-42)52-36-24-33(27-15-12-10-13-16-27)43-34-22-30(50-5)19-20-32(34)36/h10,12-16,18-20,22,24,28-29,31,35H,6-9,11,17,21,23,25-26H2,1-5H3,(H,44,47)/b18-14-/t28-,29-,31-,35+,42-/m1/s1. The highest BCUT2D eigenvalue weighted by atomic mass is 16.6. The summed E-state index contributed by atoms with van der Waals surface area (Å²) in [5.41, 5.74) is 0.365. The molecule has 3 aromatic rings. The molecule has 2 amide bonds. The van der Waals surface area contributed by atoms with Crippen molar-refractivity contribution in [1.29, 1.82) is 0 Å². The van der Waals surface area contributed by atoms with E-state index in [2.05, 4.69) is 11.4 Å². The van der Waals surface area contributed by atoms with Gasteiger partial charge in [-0.1, -0.05) is 55.3 Å². The summed E-state index contributed by atoms with van der Waals surface area (Å²) in [7, 11) is 1.60. The van der Waals surface area contributed by atoms with Gasteiger partial charge in [0.2, 0.25) is 11.8 Å². The molecule has 0 bridgehead atoms. The molecule has 2 aliphatic heterocycles. The Hall–Kier alpha value is -4.93. The van der Waals surface area contributed by atoms with Crippen LogP contribution in [-0.2, 0) is 28.7 Å². The van der Waals surface area contributed by atoms with Crippen molar-refractivity contribution < 1.29 is 38.1 Å². The van der Waals surface area contributed by atoms with Crippen molar-refractivity contribution in [2.45, 2.75) is 102 Å². The van der Waals surface area contributed by atoms with Crippen molar-refractivity contribution in [3.8, 4) is 22.8 Å². The summed E-state index contributed by atoms with van der Waals surface area (Å²) >= 11 is 0. The van der Waals surface area contributed by atoms with Crippen molar-refractivity contribution in [2.75, 3.05) is 20.3 Å². The van der Waals surface area contributed by atoms with E-state index < -0.39 is 47.0 Å². The van der Waals surface area contributed by atoms with Crippen molar-refractivity contribution in [3.05, 3.63) is 66.7 Å². The lowest BCUT2D eigenvalue weighted by Gasteiger charge is -2.29. The first-order chi connectivity index (χ1) is 25.4. The number of ether oxygens (including phenoxy) is 4. The Labute approximate surface area is 311 Å². The highest BCUT2D eigenvalue weighted by molar-refractivity contribution is 5.96. The number of nitrogens with one attached hydrogen (secondary N) is 1. The minimum atomic E-state index is -1.20. The zero-order chi connectivity index (χ0) is 37.8. The topological polar surface area (TPSA) is 133 Å². The van der Waals surface area contributed by atoms with Crippen LogP contribution in [0, 0.1) is 11.8 Å². The van der Waals surface area contributed by atoms with Crippen LogP contribution in [0.3, 0.4) is 0 Å². The van der Waals surface area contributed by atoms with E-state index in [9.17, 15) is 19.2 Å². The fourth-order valence-electron chi connectivity index (χ4n) is 7.45. The Morgan fingerprint density at radius 2 is 1.83 bits per heavy atom. The van der Waals surface area contributed by atoms with Gasteiger partial charge in [-0.05, 0) is 65.5 Å². The molecule has 1 aliphatic carbocycles. The molecule has 282 valence electrons. The third kappa shape index (κ3) is 8.83. The Balaban J connectivity index is 1.35. The molecule has 0 unspecified atom stereocenters. The average Bonchev–Trinajstić information content (AvgIpc) is 3.66. The molecule has 11 heteroatoms. The molecular weight excluding hydrogens is 674 g/mol. The molecule has 3 heterocycles. The second-order valence-corrected chi connectivity index (χ2v) is 15.3. The van der Waals surface area contributed by atoms with Gasteiger partial charge >= 0.3 is 11.9 Å². The van der Waals surface area contributed by atoms with Gasteiger partial charge in [-0.25, -0.2) is 9.78 Å². The number of hydrogen-bond donors (Lipinski definition) is 1. The van der Waals surface area contributed by atoms with Gasteiger partial charge in [0.1, 0.15) is 34.8 Å². The Morgan fingerprint density at radius 3 is 2.57 bits per heavy atom. The lowest BCUT2D eigenvalue weighted by molar-refractivity contribution is -0.159. The van der Waals surface area contributed by atoms with Gasteiger partial charge in [0.25, 0.3) is 0 Å². The zero-order valence-corrected chi connectivity index (χ0v) is 31.4. The summed E-state index contributed by atoms with van der Waals surface area (Å²) < 4.78 is 23.3. The van der Waals surface area contributed by atoms with Gasteiger partial charge in [0, 0.05) is 41.3 Å². The minimum Gasteiger partial charge on any atom is -0.497 e. The molecule has 6 rings (SSSR count). The van der Waals surface area contributed by atoms with Crippen LogP contribution in [0.25, 0.3) is 22.2 Å². The highest BCUT2D eigenvalue weighted by Crippen LogP contribution is 2.46. The molecule has 0 spiro atoms. The molecule has 0 radical (unpaired) electrons. The van der Waals surface area contributed by atoms with Crippen LogP contribution in [0.4, 0.5) is 0 Å². The monoisotopic (exact) mass is 725 g/mol. The summed E-state index contributed by atoms with van der Waals surface area (Å²) in [6.45, 7) is 7.42. The highest BCUT2D eigenvalue weighted by Gasteiger charge is 2.62. The lowest BCUT2D eigenvalue weighted by Crippen LogP contribution is -2.54. The van der Waals surface area contributed by atoms with E-state index in [1.54, 1.807) is 39.7 Å². The molecule has 1 N–H and O–H groups in total. The van der Waals surface area contributed by atoms with Gasteiger partial charge in [0.05, 0.1) is 37.9 Å². The van der Waals surface area contributed by atoms with Crippen LogP contribution in [0.1, 0.15) is 79.1 Å². The van der Waals surface area contributed by atoms with Crippen LogP contribution in [0.15, 0.2) is 66.7 Å². The van der Waals surface area contributed by atoms with E-state index in [1.807, 2.05) is 60.7 Å². The number of rotatable bonds is 8. The molecular formula is C42H51N3O8. The lowest BCUT2D eigenvalue weighted by atomic mass is 9.95. The third-order valence-corrected chi connectivity index (χ3v) is 10.2. The number of benzene rings is 2.